The topological polar surface area (TPSA) is 105 Å². The molecular formula is C25H26O8. The lowest BCUT2D eigenvalue weighted by Crippen LogP contribution is -2.13. The second-order valence-corrected chi connectivity index (χ2v) is 6.82. The molecule has 0 heterocycles. The van der Waals surface area contributed by atoms with Gasteiger partial charge in [-0.2, -0.15) is 0 Å². The molecule has 0 aromatic heterocycles. The summed E-state index contributed by atoms with van der Waals surface area (Å²) < 4.78 is 19.7. The lowest BCUT2D eigenvalue weighted by molar-refractivity contribution is -0.149. The zero-order valence-electron chi connectivity index (χ0n) is 18.2. The van der Waals surface area contributed by atoms with Crippen LogP contribution in [-0.2, 0) is 23.8 Å². The lowest BCUT2D eigenvalue weighted by atomic mass is 10.0. The predicted octanol–water partition coefficient (Wildman–Crippen LogP) is 4.27. The predicted molar refractivity (Wildman–Crippen MR) is 119 cm³/mol. The van der Waals surface area contributed by atoms with Gasteiger partial charge in [0.15, 0.2) is 5.78 Å². The fourth-order valence-corrected chi connectivity index (χ4v) is 2.69. The van der Waals surface area contributed by atoms with E-state index in [2.05, 4.69) is 11.3 Å². The minimum absolute atomic E-state index is 0.00520. The van der Waals surface area contributed by atoms with Gasteiger partial charge < -0.3 is 18.9 Å². The van der Waals surface area contributed by atoms with Gasteiger partial charge in [0.2, 0.25) is 0 Å². The van der Waals surface area contributed by atoms with Crippen LogP contribution in [0, 0.1) is 0 Å². The monoisotopic (exact) mass is 454 g/mol. The Morgan fingerprint density at radius 2 is 1.39 bits per heavy atom. The summed E-state index contributed by atoms with van der Waals surface area (Å²) in [6.45, 7) is 3.39. The lowest BCUT2D eigenvalue weighted by Gasteiger charge is -2.07. The normalized spacial score (nSPS) is 10.1. The summed E-state index contributed by atoms with van der Waals surface area (Å²) in [5.74, 6) is -0.810. The SMILES string of the molecule is C=CC(=O)OCCOC(=O)CCCCCOC(=O)Oc1ccc(C(=O)c2ccccc2)cc1. The van der Waals surface area contributed by atoms with Crippen LogP contribution in [-0.4, -0.2) is 43.7 Å². The first-order valence-corrected chi connectivity index (χ1v) is 10.5. The molecule has 0 atom stereocenters. The third kappa shape index (κ3) is 9.82. The van der Waals surface area contributed by atoms with Crippen LogP contribution in [0.15, 0.2) is 67.3 Å². The molecule has 2 aromatic rings. The molecule has 33 heavy (non-hydrogen) atoms. The molecule has 0 fully saturated rings. The first-order chi connectivity index (χ1) is 16.0. The van der Waals surface area contributed by atoms with Crippen LogP contribution in [0.2, 0.25) is 0 Å². The van der Waals surface area contributed by atoms with Crippen molar-refractivity contribution in [3.63, 3.8) is 0 Å². The summed E-state index contributed by atoms with van der Waals surface area (Å²) in [5, 5.41) is 0. The average molecular weight is 454 g/mol. The summed E-state index contributed by atoms with van der Waals surface area (Å²) in [6, 6.07) is 15.1. The summed E-state index contributed by atoms with van der Waals surface area (Å²) in [5.41, 5.74) is 1.06. The first-order valence-electron chi connectivity index (χ1n) is 10.5. The minimum Gasteiger partial charge on any atom is -0.462 e. The van der Waals surface area contributed by atoms with Crippen LogP contribution < -0.4 is 4.74 Å². The molecule has 2 rings (SSSR count). The number of ketones is 1. The maximum absolute atomic E-state index is 12.4. The number of hydrogen-bond donors (Lipinski definition) is 0. The van der Waals surface area contributed by atoms with Crippen LogP contribution in [0.5, 0.6) is 5.75 Å². The second kappa shape index (κ2) is 14.2. The smallest absolute Gasteiger partial charge is 0.462 e. The molecule has 8 nitrogen and oxygen atoms in total. The highest BCUT2D eigenvalue weighted by Gasteiger charge is 2.11. The van der Waals surface area contributed by atoms with Crippen LogP contribution in [0.4, 0.5) is 4.79 Å². The molecule has 0 bridgehead atoms. The van der Waals surface area contributed by atoms with Gasteiger partial charge in [-0.15, -0.1) is 0 Å². The van der Waals surface area contributed by atoms with Gasteiger partial charge in [-0.25, -0.2) is 9.59 Å². The number of benzene rings is 2. The quantitative estimate of drug-likeness (QED) is 0.110. The Morgan fingerprint density at radius 1 is 0.727 bits per heavy atom. The Morgan fingerprint density at radius 3 is 2.09 bits per heavy atom. The maximum atomic E-state index is 12.4. The Bertz CT molecular complexity index is 935. The zero-order valence-corrected chi connectivity index (χ0v) is 18.2. The van der Waals surface area contributed by atoms with Crippen molar-refractivity contribution in [2.75, 3.05) is 19.8 Å². The van der Waals surface area contributed by atoms with Crippen molar-refractivity contribution in [2.24, 2.45) is 0 Å². The van der Waals surface area contributed by atoms with E-state index in [9.17, 15) is 19.2 Å². The molecule has 0 amide bonds. The van der Waals surface area contributed by atoms with Crippen LogP contribution in [0.3, 0.4) is 0 Å². The maximum Gasteiger partial charge on any atom is 0.513 e. The highest BCUT2D eigenvalue weighted by atomic mass is 16.7. The minimum atomic E-state index is -0.842. The van der Waals surface area contributed by atoms with Crippen LogP contribution in [0.1, 0.15) is 41.6 Å². The highest BCUT2D eigenvalue weighted by Crippen LogP contribution is 2.16. The molecular weight excluding hydrogens is 428 g/mol. The van der Waals surface area contributed by atoms with E-state index < -0.39 is 12.1 Å². The second-order valence-electron chi connectivity index (χ2n) is 6.82. The summed E-state index contributed by atoms with van der Waals surface area (Å²) in [4.78, 5) is 46.5. The van der Waals surface area contributed by atoms with E-state index in [1.54, 1.807) is 36.4 Å². The van der Waals surface area contributed by atoms with Crippen molar-refractivity contribution in [1.29, 1.82) is 0 Å². The van der Waals surface area contributed by atoms with E-state index in [4.69, 9.17) is 14.2 Å². The van der Waals surface area contributed by atoms with Crippen molar-refractivity contribution in [3.05, 3.63) is 78.4 Å². The molecule has 2 aromatic carbocycles. The zero-order chi connectivity index (χ0) is 23.9. The molecule has 0 saturated heterocycles. The molecule has 0 aliphatic rings. The van der Waals surface area contributed by atoms with Crippen molar-refractivity contribution < 1.29 is 38.1 Å². The number of carbonyl (C=O) groups excluding carboxylic acids is 4. The van der Waals surface area contributed by atoms with Crippen molar-refractivity contribution in [3.8, 4) is 5.75 Å². The number of unbranched alkanes of at least 4 members (excludes halogenated alkanes) is 2. The molecule has 0 radical (unpaired) electrons. The molecule has 0 spiro atoms. The standard InChI is InChI=1S/C25H26O8/c1-2-22(26)30-17-18-31-23(27)11-7-4-8-16-32-25(29)33-21-14-12-20(13-15-21)24(28)19-9-5-3-6-10-19/h2-3,5-6,9-10,12-15H,1,4,7-8,11,16-18H2. The summed E-state index contributed by atoms with van der Waals surface area (Å²) in [6.07, 6.45) is 2.19. The number of carbonyl (C=O) groups is 4. The van der Waals surface area contributed by atoms with Crippen LogP contribution in [0.25, 0.3) is 0 Å². The van der Waals surface area contributed by atoms with E-state index in [-0.39, 0.29) is 43.7 Å². The van der Waals surface area contributed by atoms with Gasteiger partial charge in [-0.1, -0.05) is 36.9 Å². The summed E-state index contributed by atoms with van der Waals surface area (Å²) in [7, 11) is 0. The molecule has 0 saturated carbocycles. The Balaban J connectivity index is 1.56. The number of esters is 2. The van der Waals surface area contributed by atoms with E-state index in [0.29, 0.717) is 30.4 Å². The average Bonchev–Trinajstić information content (AvgIpc) is 2.84. The summed E-state index contributed by atoms with van der Waals surface area (Å²) >= 11 is 0. The number of ether oxygens (including phenoxy) is 4. The van der Waals surface area contributed by atoms with Gasteiger partial charge in [0.05, 0.1) is 6.61 Å². The third-order valence-corrected chi connectivity index (χ3v) is 4.36. The molecule has 174 valence electrons. The number of hydrogen-bond acceptors (Lipinski definition) is 8. The van der Waals surface area contributed by atoms with Gasteiger partial charge in [0.25, 0.3) is 0 Å². The van der Waals surface area contributed by atoms with E-state index in [0.717, 1.165) is 6.08 Å². The van der Waals surface area contributed by atoms with Gasteiger partial charge in [0.1, 0.15) is 19.0 Å². The highest BCUT2D eigenvalue weighted by molar-refractivity contribution is 6.09. The molecule has 0 unspecified atom stereocenters. The third-order valence-electron chi connectivity index (χ3n) is 4.36. The van der Waals surface area contributed by atoms with Gasteiger partial charge in [-0.3, -0.25) is 9.59 Å². The fraction of sp³-hybridized carbons (Fsp3) is 0.280. The Hall–Kier alpha value is -3.94. The Kier molecular flexibility index (Phi) is 10.9. The van der Waals surface area contributed by atoms with Crippen molar-refractivity contribution in [1.82, 2.24) is 0 Å². The largest absolute Gasteiger partial charge is 0.513 e. The van der Waals surface area contributed by atoms with Crippen LogP contribution >= 0.6 is 0 Å². The van der Waals surface area contributed by atoms with Gasteiger partial charge >= 0.3 is 18.1 Å². The van der Waals surface area contributed by atoms with Crippen molar-refractivity contribution >= 4 is 23.9 Å². The van der Waals surface area contributed by atoms with E-state index in [1.807, 2.05) is 6.07 Å². The molecule has 0 aliphatic heterocycles. The van der Waals surface area contributed by atoms with Gasteiger partial charge in [0, 0.05) is 23.6 Å². The Labute approximate surface area is 192 Å². The van der Waals surface area contributed by atoms with Crippen molar-refractivity contribution in [2.45, 2.75) is 25.7 Å². The molecule has 0 N–H and O–H groups in total. The van der Waals surface area contributed by atoms with E-state index >= 15 is 0 Å². The first kappa shape index (κ1) is 25.3. The van der Waals surface area contributed by atoms with Gasteiger partial charge in [-0.05, 0) is 43.5 Å². The van der Waals surface area contributed by atoms with E-state index in [1.165, 1.54) is 12.1 Å². The molecule has 0 aliphatic carbocycles. The molecule has 8 heteroatoms. The number of rotatable bonds is 13. The fourth-order valence-electron chi connectivity index (χ4n) is 2.69.